The summed E-state index contributed by atoms with van der Waals surface area (Å²) in [4.78, 5) is 20.8. The summed E-state index contributed by atoms with van der Waals surface area (Å²) >= 11 is 0. The summed E-state index contributed by atoms with van der Waals surface area (Å²) in [5, 5.41) is 9.48. The molecule has 178 valence electrons. The molecule has 0 aliphatic heterocycles. The van der Waals surface area contributed by atoms with Gasteiger partial charge in [0.25, 0.3) is 0 Å². The third-order valence-corrected chi connectivity index (χ3v) is 5.03. The van der Waals surface area contributed by atoms with Crippen LogP contribution in [0.5, 0.6) is 5.75 Å². The van der Waals surface area contributed by atoms with Gasteiger partial charge in [-0.15, -0.1) is 24.0 Å². The molecule has 0 aliphatic carbocycles. The van der Waals surface area contributed by atoms with Crippen molar-refractivity contribution in [3.05, 3.63) is 53.9 Å². The number of carbonyl (C=O) groups excluding carboxylic acids is 1. The SMILES string of the molecule is CCNC(=NCc1ccc(OC)c(NC(C)=O)c1)NCCCn1c(C)nc2ccccc21.I. The molecule has 0 saturated heterocycles. The first-order valence-corrected chi connectivity index (χ1v) is 10.9. The number of ether oxygens (including phenoxy) is 1. The zero-order valence-corrected chi connectivity index (χ0v) is 22.0. The molecule has 1 amide bonds. The molecule has 0 unspecified atom stereocenters. The second kappa shape index (κ2) is 13.0. The summed E-state index contributed by atoms with van der Waals surface area (Å²) < 4.78 is 7.57. The lowest BCUT2D eigenvalue weighted by molar-refractivity contribution is -0.114. The lowest BCUT2D eigenvalue weighted by atomic mass is 10.2. The van der Waals surface area contributed by atoms with Crippen LogP contribution in [0.15, 0.2) is 47.5 Å². The number of fused-ring (bicyclic) bond motifs is 1. The number of methoxy groups -OCH3 is 1. The van der Waals surface area contributed by atoms with Gasteiger partial charge in [0, 0.05) is 26.6 Å². The van der Waals surface area contributed by atoms with Gasteiger partial charge in [-0.25, -0.2) is 9.98 Å². The van der Waals surface area contributed by atoms with Crippen molar-refractivity contribution in [2.45, 2.75) is 40.3 Å². The van der Waals surface area contributed by atoms with Gasteiger partial charge in [0.05, 0.1) is 30.4 Å². The smallest absolute Gasteiger partial charge is 0.221 e. The number of aryl methyl sites for hydroxylation is 2. The molecule has 3 N–H and O–H groups in total. The first-order valence-electron chi connectivity index (χ1n) is 10.9. The number of para-hydroxylation sites is 2. The molecule has 2 aromatic carbocycles. The predicted molar refractivity (Wildman–Crippen MR) is 145 cm³/mol. The van der Waals surface area contributed by atoms with Gasteiger partial charge >= 0.3 is 0 Å². The molecular weight excluding hydrogens is 531 g/mol. The van der Waals surface area contributed by atoms with Crippen LogP contribution in [0.25, 0.3) is 11.0 Å². The van der Waals surface area contributed by atoms with Crippen LogP contribution in [-0.2, 0) is 17.9 Å². The van der Waals surface area contributed by atoms with Gasteiger partial charge < -0.3 is 25.3 Å². The zero-order valence-electron chi connectivity index (χ0n) is 19.6. The average molecular weight is 564 g/mol. The number of hydrogen-bond donors (Lipinski definition) is 3. The number of amides is 1. The number of rotatable bonds is 9. The van der Waals surface area contributed by atoms with E-state index < -0.39 is 0 Å². The second-order valence-electron chi connectivity index (χ2n) is 7.49. The maximum Gasteiger partial charge on any atom is 0.221 e. The molecule has 0 radical (unpaired) electrons. The Morgan fingerprint density at radius 2 is 1.97 bits per heavy atom. The number of halogens is 1. The highest BCUT2D eigenvalue weighted by atomic mass is 127. The van der Waals surface area contributed by atoms with Crippen LogP contribution in [-0.4, -0.2) is 41.6 Å². The van der Waals surface area contributed by atoms with Crippen LogP contribution < -0.4 is 20.7 Å². The molecule has 0 aliphatic rings. The first kappa shape index (κ1) is 26.4. The fraction of sp³-hybridized carbons (Fsp3) is 0.375. The molecule has 1 aromatic heterocycles. The number of aromatic nitrogens is 2. The van der Waals surface area contributed by atoms with Crippen LogP contribution in [0.3, 0.4) is 0 Å². The minimum Gasteiger partial charge on any atom is -0.495 e. The van der Waals surface area contributed by atoms with Crippen molar-refractivity contribution in [3.8, 4) is 5.75 Å². The van der Waals surface area contributed by atoms with Crippen molar-refractivity contribution < 1.29 is 9.53 Å². The van der Waals surface area contributed by atoms with E-state index in [2.05, 4.69) is 36.6 Å². The number of anilines is 1. The summed E-state index contributed by atoms with van der Waals surface area (Å²) in [6, 6.07) is 13.9. The Labute approximate surface area is 212 Å². The van der Waals surface area contributed by atoms with Gasteiger partial charge in [0.15, 0.2) is 5.96 Å². The molecule has 3 aromatic rings. The number of imidazole rings is 1. The second-order valence-corrected chi connectivity index (χ2v) is 7.49. The summed E-state index contributed by atoms with van der Waals surface area (Å²) in [6.07, 6.45) is 0.945. The minimum atomic E-state index is -0.139. The van der Waals surface area contributed by atoms with Gasteiger partial charge in [-0.3, -0.25) is 4.79 Å². The van der Waals surface area contributed by atoms with Crippen molar-refractivity contribution in [3.63, 3.8) is 0 Å². The van der Waals surface area contributed by atoms with E-state index in [1.807, 2.05) is 50.2 Å². The van der Waals surface area contributed by atoms with Gasteiger partial charge in [-0.05, 0) is 50.1 Å². The fourth-order valence-corrected chi connectivity index (χ4v) is 3.58. The summed E-state index contributed by atoms with van der Waals surface area (Å²) in [5.74, 6) is 2.28. The molecule has 9 heteroatoms. The highest BCUT2D eigenvalue weighted by Crippen LogP contribution is 2.25. The quantitative estimate of drug-likeness (QED) is 0.158. The standard InChI is InChI=1S/C24H32N6O2.HI/c1-5-25-24(27-16-19-11-12-23(32-4)21(15-19)29-18(3)31)26-13-8-14-30-17(2)28-20-9-6-7-10-22(20)30;/h6-7,9-12,15H,5,8,13-14,16H2,1-4H3,(H,29,31)(H2,25,26,27);1H. The molecule has 0 bridgehead atoms. The number of carbonyl (C=O) groups is 1. The number of aliphatic imine (C=N–C) groups is 1. The topological polar surface area (TPSA) is 92.6 Å². The van der Waals surface area contributed by atoms with Crippen LogP contribution in [0, 0.1) is 6.92 Å². The highest BCUT2D eigenvalue weighted by molar-refractivity contribution is 14.0. The van der Waals surface area contributed by atoms with E-state index in [1.165, 1.54) is 12.4 Å². The number of nitrogens with zero attached hydrogens (tertiary/aromatic N) is 3. The molecule has 33 heavy (non-hydrogen) atoms. The van der Waals surface area contributed by atoms with Crippen LogP contribution in [0.1, 0.15) is 31.7 Å². The van der Waals surface area contributed by atoms with E-state index in [4.69, 9.17) is 4.74 Å². The van der Waals surface area contributed by atoms with E-state index in [-0.39, 0.29) is 29.9 Å². The lowest BCUT2D eigenvalue weighted by Crippen LogP contribution is -2.38. The van der Waals surface area contributed by atoms with Gasteiger partial charge in [0.2, 0.25) is 5.91 Å². The summed E-state index contributed by atoms with van der Waals surface area (Å²) in [6.45, 7) is 8.50. The van der Waals surface area contributed by atoms with Crippen LogP contribution in [0.2, 0.25) is 0 Å². The zero-order chi connectivity index (χ0) is 22.9. The van der Waals surface area contributed by atoms with Gasteiger partial charge in [-0.1, -0.05) is 18.2 Å². The maximum atomic E-state index is 11.4. The maximum absolute atomic E-state index is 11.4. The third-order valence-electron chi connectivity index (χ3n) is 5.03. The Bertz CT molecular complexity index is 1100. The molecule has 0 fully saturated rings. The van der Waals surface area contributed by atoms with Crippen LogP contribution >= 0.6 is 24.0 Å². The van der Waals surface area contributed by atoms with Crippen molar-refractivity contribution in [2.75, 3.05) is 25.5 Å². The van der Waals surface area contributed by atoms with Crippen molar-refractivity contribution in [1.82, 2.24) is 20.2 Å². The van der Waals surface area contributed by atoms with Crippen LogP contribution in [0.4, 0.5) is 5.69 Å². The normalized spacial score (nSPS) is 11.1. The van der Waals surface area contributed by atoms with E-state index in [1.54, 1.807) is 7.11 Å². The van der Waals surface area contributed by atoms with Gasteiger partial charge in [0.1, 0.15) is 11.6 Å². The van der Waals surface area contributed by atoms with Crippen molar-refractivity contribution in [1.29, 1.82) is 0 Å². The van der Waals surface area contributed by atoms with E-state index in [0.29, 0.717) is 18.0 Å². The number of hydrogen-bond acceptors (Lipinski definition) is 4. The Kier molecular flexibility index (Phi) is 10.4. The lowest BCUT2D eigenvalue weighted by Gasteiger charge is -2.13. The Hall–Kier alpha value is -2.82. The molecule has 0 spiro atoms. The third kappa shape index (κ3) is 7.34. The molecule has 8 nitrogen and oxygen atoms in total. The number of benzene rings is 2. The highest BCUT2D eigenvalue weighted by Gasteiger charge is 2.08. The average Bonchev–Trinajstić information content (AvgIpc) is 3.09. The molecule has 0 saturated carbocycles. The van der Waals surface area contributed by atoms with Crippen molar-refractivity contribution in [2.24, 2.45) is 4.99 Å². The molecule has 3 rings (SSSR count). The molecule has 0 atom stereocenters. The van der Waals surface area contributed by atoms with E-state index >= 15 is 0 Å². The summed E-state index contributed by atoms with van der Waals surface area (Å²) in [7, 11) is 1.58. The van der Waals surface area contributed by atoms with Crippen molar-refractivity contribution >= 4 is 52.6 Å². The van der Waals surface area contributed by atoms with Gasteiger partial charge in [-0.2, -0.15) is 0 Å². The largest absolute Gasteiger partial charge is 0.495 e. The minimum absolute atomic E-state index is 0. The fourth-order valence-electron chi connectivity index (χ4n) is 3.58. The monoisotopic (exact) mass is 564 g/mol. The number of guanidine groups is 1. The predicted octanol–water partition coefficient (Wildman–Crippen LogP) is 4.08. The Morgan fingerprint density at radius 1 is 1.18 bits per heavy atom. The first-order chi connectivity index (χ1) is 15.5. The molecule has 1 heterocycles. The summed E-state index contributed by atoms with van der Waals surface area (Å²) in [5.41, 5.74) is 3.83. The molecular formula is C24H33IN6O2. The van der Waals surface area contributed by atoms with E-state index in [9.17, 15) is 4.79 Å². The number of nitrogens with one attached hydrogen (secondary N) is 3. The Balaban J connectivity index is 0.00000385. The van der Waals surface area contributed by atoms with E-state index in [0.717, 1.165) is 48.9 Å². The Morgan fingerprint density at radius 3 is 2.70 bits per heavy atom.